The molecule has 0 bridgehead atoms. The second-order valence-corrected chi connectivity index (χ2v) is 5.93. The van der Waals surface area contributed by atoms with E-state index in [1.54, 1.807) is 0 Å². The van der Waals surface area contributed by atoms with Crippen molar-refractivity contribution in [2.24, 2.45) is 0 Å². The van der Waals surface area contributed by atoms with E-state index in [0.29, 0.717) is 10.8 Å². The first-order valence-corrected chi connectivity index (χ1v) is 8.43. The van der Waals surface area contributed by atoms with E-state index in [0.717, 1.165) is 23.8 Å². The molecular weight excluding hydrogens is 288 g/mol. The topological polar surface area (TPSA) is 36.9 Å². The Hall–Kier alpha value is -1.27. The monoisotopic (exact) mass is 308 g/mol. The van der Waals surface area contributed by atoms with Crippen LogP contribution in [0, 0.1) is 4.77 Å². The van der Waals surface area contributed by atoms with Gasteiger partial charge in [-0.1, -0.05) is 25.1 Å². The second kappa shape index (κ2) is 6.95. The lowest BCUT2D eigenvalue weighted by Gasteiger charge is -2.27. The molecule has 108 valence electrons. The molecule has 0 aliphatic heterocycles. The zero-order chi connectivity index (χ0) is 14.5. The van der Waals surface area contributed by atoms with Gasteiger partial charge in [-0.05, 0) is 37.0 Å². The van der Waals surface area contributed by atoms with Crippen molar-refractivity contribution in [2.45, 2.75) is 19.4 Å². The van der Waals surface area contributed by atoms with E-state index < -0.39 is 0 Å². The Morgan fingerprint density at radius 1 is 1.40 bits per heavy atom. The summed E-state index contributed by atoms with van der Waals surface area (Å²) in [5, 5.41) is 7.31. The molecule has 0 saturated heterocycles. The second-order valence-electron chi connectivity index (χ2n) is 4.63. The van der Waals surface area contributed by atoms with Crippen molar-refractivity contribution in [2.75, 3.05) is 24.0 Å². The SMILES string of the molecule is CCC(CSC)N(C)c1n[nH]c(=S)n1-c1ccccc1. The fraction of sp³-hybridized carbons (Fsp3) is 0.429. The van der Waals surface area contributed by atoms with Crippen molar-refractivity contribution in [3.8, 4) is 5.69 Å². The molecule has 1 N–H and O–H groups in total. The smallest absolute Gasteiger partial charge is 0.230 e. The fourth-order valence-electron chi connectivity index (χ4n) is 2.19. The maximum Gasteiger partial charge on any atom is 0.230 e. The zero-order valence-electron chi connectivity index (χ0n) is 12.0. The number of para-hydroxylation sites is 1. The van der Waals surface area contributed by atoms with Crippen LogP contribution in [0.25, 0.3) is 5.69 Å². The lowest BCUT2D eigenvalue weighted by Crippen LogP contribution is -2.35. The highest BCUT2D eigenvalue weighted by molar-refractivity contribution is 7.98. The molecular formula is C14H20N4S2. The van der Waals surface area contributed by atoms with E-state index in [1.165, 1.54) is 0 Å². The number of nitrogens with zero attached hydrogens (tertiary/aromatic N) is 3. The molecule has 1 aromatic heterocycles. The van der Waals surface area contributed by atoms with E-state index in [-0.39, 0.29) is 0 Å². The largest absolute Gasteiger partial charge is 0.340 e. The van der Waals surface area contributed by atoms with Crippen LogP contribution in [0.3, 0.4) is 0 Å². The van der Waals surface area contributed by atoms with Gasteiger partial charge in [0.1, 0.15) is 0 Å². The molecule has 2 aromatic rings. The Labute approximate surface area is 129 Å². The zero-order valence-corrected chi connectivity index (χ0v) is 13.7. The van der Waals surface area contributed by atoms with Crippen molar-refractivity contribution in [3.63, 3.8) is 0 Å². The van der Waals surface area contributed by atoms with Crippen LogP contribution in [-0.2, 0) is 0 Å². The first kappa shape index (κ1) is 15.1. The summed E-state index contributed by atoms with van der Waals surface area (Å²) < 4.78 is 2.61. The maximum absolute atomic E-state index is 5.37. The molecule has 4 nitrogen and oxygen atoms in total. The first-order valence-electron chi connectivity index (χ1n) is 6.63. The van der Waals surface area contributed by atoms with E-state index in [1.807, 2.05) is 46.7 Å². The number of rotatable bonds is 6. The Morgan fingerprint density at radius 3 is 2.70 bits per heavy atom. The predicted molar refractivity (Wildman–Crippen MR) is 89.6 cm³/mol. The van der Waals surface area contributed by atoms with Gasteiger partial charge in [-0.2, -0.15) is 11.8 Å². The Kier molecular flexibility index (Phi) is 5.25. The van der Waals surface area contributed by atoms with Gasteiger partial charge in [0.05, 0.1) is 5.69 Å². The van der Waals surface area contributed by atoms with Crippen molar-refractivity contribution >= 4 is 29.9 Å². The van der Waals surface area contributed by atoms with Crippen LogP contribution in [0.1, 0.15) is 13.3 Å². The maximum atomic E-state index is 5.37. The van der Waals surface area contributed by atoms with Gasteiger partial charge >= 0.3 is 0 Å². The Morgan fingerprint density at radius 2 is 2.10 bits per heavy atom. The summed E-state index contributed by atoms with van der Waals surface area (Å²) in [5.41, 5.74) is 1.03. The molecule has 0 radical (unpaired) electrons. The Bertz CT molecular complexity index is 591. The van der Waals surface area contributed by atoms with Crippen LogP contribution in [0.5, 0.6) is 0 Å². The van der Waals surface area contributed by atoms with Gasteiger partial charge in [-0.3, -0.25) is 4.57 Å². The summed E-state index contributed by atoms with van der Waals surface area (Å²) in [7, 11) is 2.08. The van der Waals surface area contributed by atoms with Crippen LogP contribution in [-0.4, -0.2) is 39.9 Å². The predicted octanol–water partition coefficient (Wildman–Crippen LogP) is 3.51. The van der Waals surface area contributed by atoms with Crippen molar-refractivity contribution in [1.82, 2.24) is 14.8 Å². The van der Waals surface area contributed by atoms with Gasteiger partial charge < -0.3 is 4.90 Å². The molecule has 0 saturated carbocycles. The average molecular weight is 308 g/mol. The summed E-state index contributed by atoms with van der Waals surface area (Å²) >= 11 is 7.23. The third-order valence-electron chi connectivity index (χ3n) is 3.36. The van der Waals surface area contributed by atoms with Crippen LogP contribution in [0.4, 0.5) is 5.95 Å². The van der Waals surface area contributed by atoms with Crippen molar-refractivity contribution < 1.29 is 0 Å². The molecule has 0 aliphatic carbocycles. The molecule has 0 aliphatic rings. The fourth-order valence-corrected chi connectivity index (χ4v) is 3.27. The van der Waals surface area contributed by atoms with E-state index in [2.05, 4.69) is 35.3 Å². The van der Waals surface area contributed by atoms with Gasteiger partial charge in [0, 0.05) is 18.8 Å². The van der Waals surface area contributed by atoms with Crippen LogP contribution < -0.4 is 4.90 Å². The lowest BCUT2D eigenvalue weighted by molar-refractivity contribution is 0.651. The highest BCUT2D eigenvalue weighted by Gasteiger charge is 2.19. The first-order chi connectivity index (χ1) is 9.69. The molecule has 6 heteroatoms. The van der Waals surface area contributed by atoms with Crippen LogP contribution in [0.15, 0.2) is 30.3 Å². The lowest BCUT2D eigenvalue weighted by atomic mass is 10.2. The van der Waals surface area contributed by atoms with E-state index in [4.69, 9.17) is 12.2 Å². The highest BCUT2D eigenvalue weighted by atomic mass is 32.2. The minimum atomic E-state index is 0.442. The molecule has 0 spiro atoms. The number of benzene rings is 1. The third kappa shape index (κ3) is 3.07. The Balaban J connectivity index is 2.41. The quantitative estimate of drug-likeness (QED) is 0.829. The number of aromatic nitrogens is 3. The minimum absolute atomic E-state index is 0.442. The molecule has 1 aromatic carbocycles. The van der Waals surface area contributed by atoms with Gasteiger partial charge in [0.25, 0.3) is 0 Å². The third-order valence-corrected chi connectivity index (χ3v) is 4.35. The van der Waals surface area contributed by atoms with Gasteiger partial charge in [0.15, 0.2) is 0 Å². The van der Waals surface area contributed by atoms with Crippen LogP contribution >= 0.6 is 24.0 Å². The van der Waals surface area contributed by atoms with Gasteiger partial charge in [0.2, 0.25) is 10.7 Å². The number of hydrogen-bond acceptors (Lipinski definition) is 4. The standard InChI is InChI=1S/C14H20N4S2/c1-4-11(10-20-3)17(2)13-15-16-14(19)18(13)12-8-6-5-7-9-12/h5-9,11H,4,10H2,1-3H3,(H,16,19). The molecule has 1 unspecified atom stereocenters. The molecule has 0 amide bonds. The highest BCUT2D eigenvalue weighted by Crippen LogP contribution is 2.21. The van der Waals surface area contributed by atoms with Crippen LogP contribution in [0.2, 0.25) is 0 Å². The minimum Gasteiger partial charge on any atom is -0.340 e. The number of anilines is 1. The number of thioether (sulfide) groups is 1. The summed E-state index contributed by atoms with van der Waals surface area (Å²) in [5.74, 6) is 1.93. The molecule has 1 atom stereocenters. The van der Waals surface area contributed by atoms with E-state index in [9.17, 15) is 0 Å². The van der Waals surface area contributed by atoms with Crippen molar-refractivity contribution in [1.29, 1.82) is 0 Å². The average Bonchev–Trinajstić information content (AvgIpc) is 2.86. The molecule has 0 fully saturated rings. The molecule has 2 rings (SSSR count). The van der Waals surface area contributed by atoms with Gasteiger partial charge in [-0.25, -0.2) is 5.10 Å². The summed E-state index contributed by atoms with van der Waals surface area (Å²) in [6.07, 6.45) is 3.20. The number of aromatic amines is 1. The summed E-state index contributed by atoms with van der Waals surface area (Å²) in [6.45, 7) is 2.20. The van der Waals surface area contributed by atoms with Gasteiger partial charge in [-0.15, -0.1) is 5.10 Å². The van der Waals surface area contributed by atoms with Crippen molar-refractivity contribution in [3.05, 3.63) is 35.1 Å². The van der Waals surface area contributed by atoms with E-state index >= 15 is 0 Å². The summed E-state index contributed by atoms with van der Waals surface area (Å²) in [4.78, 5) is 2.20. The normalized spacial score (nSPS) is 12.3. The molecule has 1 heterocycles. The summed E-state index contributed by atoms with van der Waals surface area (Å²) in [6, 6.07) is 10.5. The molecule has 20 heavy (non-hydrogen) atoms. The number of H-pyrrole nitrogens is 1. The number of hydrogen-bond donors (Lipinski definition) is 1. The number of nitrogens with one attached hydrogen (secondary N) is 1.